The first-order valence-electron chi connectivity index (χ1n) is 9.73. The molecule has 0 fully saturated rings. The van der Waals surface area contributed by atoms with Crippen molar-refractivity contribution in [1.82, 2.24) is 9.13 Å². The molecule has 29 heavy (non-hydrogen) atoms. The maximum absolute atomic E-state index is 10.2. The van der Waals surface area contributed by atoms with E-state index in [1.54, 1.807) is 19.2 Å². The first kappa shape index (κ1) is 21.0. The van der Waals surface area contributed by atoms with Crippen LogP contribution in [0.15, 0.2) is 46.5 Å². The molecule has 154 valence electrons. The summed E-state index contributed by atoms with van der Waals surface area (Å²) >= 11 is 6.09. The zero-order valence-electron chi connectivity index (χ0n) is 17.2. The maximum atomic E-state index is 10.2. The van der Waals surface area contributed by atoms with E-state index < -0.39 is 0 Å². The van der Waals surface area contributed by atoms with E-state index in [0.29, 0.717) is 22.2 Å². The largest absolute Gasteiger partial charge is 0.507 e. The smallest absolute Gasteiger partial charge is 0.205 e. The van der Waals surface area contributed by atoms with Crippen LogP contribution in [0.2, 0.25) is 5.02 Å². The Balaban J connectivity index is 2.19. The second-order valence-electron chi connectivity index (χ2n) is 7.28. The molecule has 0 aliphatic rings. The number of para-hydroxylation sites is 1. The molecule has 0 amide bonds. The second kappa shape index (κ2) is 8.74. The summed E-state index contributed by atoms with van der Waals surface area (Å²) in [4.78, 5) is 4.48. The SMILES string of the molecule is CCC[C@@H](C)c1cccc2c1n(C)/c(=N\C)n2C/C(=N\O)c1cc(Cl)ccc1O. The summed E-state index contributed by atoms with van der Waals surface area (Å²) in [6, 6.07) is 10.9. The van der Waals surface area contributed by atoms with Crippen molar-refractivity contribution in [1.29, 1.82) is 0 Å². The number of hydrogen-bond acceptors (Lipinski definition) is 4. The van der Waals surface area contributed by atoms with Crippen LogP contribution in [0.4, 0.5) is 0 Å². The zero-order valence-corrected chi connectivity index (χ0v) is 18.0. The molecule has 0 spiro atoms. The van der Waals surface area contributed by atoms with Crippen molar-refractivity contribution in [2.45, 2.75) is 39.2 Å². The summed E-state index contributed by atoms with van der Waals surface area (Å²) in [5.74, 6) is 0.425. The van der Waals surface area contributed by atoms with Gasteiger partial charge in [-0.05, 0) is 42.2 Å². The summed E-state index contributed by atoms with van der Waals surface area (Å²) in [5, 5.41) is 23.9. The molecule has 0 bridgehead atoms. The molecule has 1 aromatic heterocycles. The van der Waals surface area contributed by atoms with Crippen molar-refractivity contribution in [2.75, 3.05) is 7.05 Å². The van der Waals surface area contributed by atoms with Gasteiger partial charge in [-0.3, -0.25) is 4.99 Å². The minimum absolute atomic E-state index is 0.00952. The van der Waals surface area contributed by atoms with Crippen LogP contribution in [0, 0.1) is 0 Å². The van der Waals surface area contributed by atoms with E-state index in [-0.39, 0.29) is 12.3 Å². The van der Waals surface area contributed by atoms with E-state index in [1.165, 1.54) is 11.6 Å². The van der Waals surface area contributed by atoms with Gasteiger partial charge in [0, 0.05) is 24.7 Å². The third kappa shape index (κ3) is 3.90. The Morgan fingerprint density at radius 2 is 2.00 bits per heavy atom. The van der Waals surface area contributed by atoms with Crippen molar-refractivity contribution in [3.8, 4) is 5.75 Å². The van der Waals surface area contributed by atoms with E-state index in [2.05, 4.69) is 34.6 Å². The fraction of sp³-hybridized carbons (Fsp3) is 0.364. The predicted octanol–water partition coefficient (Wildman–Crippen LogP) is 4.65. The number of halogens is 1. The van der Waals surface area contributed by atoms with Crippen molar-refractivity contribution >= 4 is 28.3 Å². The van der Waals surface area contributed by atoms with Gasteiger partial charge in [0.25, 0.3) is 0 Å². The number of rotatable bonds is 6. The summed E-state index contributed by atoms with van der Waals surface area (Å²) in [6.45, 7) is 4.67. The average molecular weight is 415 g/mol. The van der Waals surface area contributed by atoms with Gasteiger partial charge in [0.15, 0.2) is 0 Å². The van der Waals surface area contributed by atoms with Gasteiger partial charge in [0.2, 0.25) is 5.62 Å². The van der Waals surface area contributed by atoms with Crippen LogP contribution in [-0.4, -0.2) is 32.2 Å². The number of phenolic OH excluding ortho intramolecular Hbond substituents is 1. The number of fused-ring (bicyclic) bond motifs is 1. The Morgan fingerprint density at radius 3 is 2.66 bits per heavy atom. The molecule has 6 nitrogen and oxygen atoms in total. The van der Waals surface area contributed by atoms with Crippen molar-refractivity contribution in [2.24, 2.45) is 17.2 Å². The van der Waals surface area contributed by atoms with Crippen molar-refractivity contribution in [3.05, 3.63) is 58.2 Å². The second-order valence-corrected chi connectivity index (χ2v) is 7.72. The average Bonchev–Trinajstić information content (AvgIpc) is 2.99. The summed E-state index contributed by atoms with van der Waals surface area (Å²) in [6.07, 6.45) is 2.21. The molecule has 1 heterocycles. The Labute approximate surface area is 175 Å². The number of phenols is 1. The van der Waals surface area contributed by atoms with Gasteiger partial charge >= 0.3 is 0 Å². The van der Waals surface area contributed by atoms with Gasteiger partial charge in [-0.1, -0.05) is 49.2 Å². The molecular formula is C22H27ClN4O2. The Bertz CT molecular complexity index is 1130. The van der Waals surface area contributed by atoms with Crippen LogP contribution < -0.4 is 5.62 Å². The molecule has 7 heteroatoms. The molecule has 1 atom stereocenters. The van der Waals surface area contributed by atoms with Gasteiger partial charge in [-0.25, -0.2) is 0 Å². The van der Waals surface area contributed by atoms with Crippen LogP contribution in [0.1, 0.15) is 43.7 Å². The number of aromatic nitrogens is 2. The number of oxime groups is 1. The lowest BCUT2D eigenvalue weighted by Gasteiger charge is -2.13. The minimum atomic E-state index is 0.00952. The van der Waals surface area contributed by atoms with Crippen molar-refractivity contribution in [3.63, 3.8) is 0 Å². The van der Waals surface area contributed by atoms with Crippen LogP contribution in [0.25, 0.3) is 11.0 Å². The molecule has 3 aromatic rings. The third-order valence-corrected chi connectivity index (χ3v) is 5.60. The molecule has 0 radical (unpaired) electrons. The quantitative estimate of drug-likeness (QED) is 0.350. The highest BCUT2D eigenvalue weighted by molar-refractivity contribution is 6.31. The van der Waals surface area contributed by atoms with Gasteiger partial charge in [0.1, 0.15) is 11.5 Å². The highest BCUT2D eigenvalue weighted by Crippen LogP contribution is 2.29. The molecule has 3 rings (SSSR count). The van der Waals surface area contributed by atoms with Crippen molar-refractivity contribution < 1.29 is 10.3 Å². The molecule has 0 saturated heterocycles. The fourth-order valence-corrected chi connectivity index (χ4v) is 4.17. The molecular weight excluding hydrogens is 388 g/mol. The number of imidazole rings is 1. The molecule has 2 aromatic carbocycles. The van der Waals surface area contributed by atoms with Crippen LogP contribution in [0.3, 0.4) is 0 Å². The molecule has 0 saturated carbocycles. The van der Waals surface area contributed by atoms with E-state index in [0.717, 1.165) is 29.5 Å². The summed E-state index contributed by atoms with van der Waals surface area (Å²) in [5.41, 5.74) is 4.82. The topological polar surface area (TPSA) is 75.0 Å². The van der Waals surface area contributed by atoms with Crippen LogP contribution >= 0.6 is 11.6 Å². The first-order chi connectivity index (χ1) is 13.9. The standard InChI is InChI=1S/C22H27ClN4O2/c1-5-7-14(2)16-8-6-9-19-21(16)26(4)22(24-3)27(19)13-18(25-29)17-12-15(23)10-11-20(17)28/h6,8-12,14,28-29H,5,7,13H2,1-4H3/b24-22+,25-18+/t14-/m1/s1. The van der Waals surface area contributed by atoms with E-state index in [9.17, 15) is 10.3 Å². The van der Waals surface area contributed by atoms with E-state index in [1.807, 2.05) is 23.7 Å². The Hall–Kier alpha value is -2.73. The summed E-state index contributed by atoms with van der Waals surface area (Å²) < 4.78 is 4.07. The van der Waals surface area contributed by atoms with Gasteiger partial charge in [-0.2, -0.15) is 0 Å². The molecule has 0 aliphatic heterocycles. The van der Waals surface area contributed by atoms with Gasteiger partial charge < -0.3 is 19.4 Å². The lowest BCUT2D eigenvalue weighted by Crippen LogP contribution is -2.27. The summed E-state index contributed by atoms with van der Waals surface area (Å²) in [7, 11) is 3.74. The lowest BCUT2D eigenvalue weighted by atomic mass is 9.95. The Kier molecular flexibility index (Phi) is 6.33. The number of hydrogen-bond donors (Lipinski definition) is 2. The van der Waals surface area contributed by atoms with Crippen LogP contribution in [-0.2, 0) is 13.6 Å². The van der Waals surface area contributed by atoms with Gasteiger partial charge in [-0.15, -0.1) is 0 Å². The van der Waals surface area contributed by atoms with Gasteiger partial charge in [0.05, 0.1) is 17.6 Å². The highest BCUT2D eigenvalue weighted by Gasteiger charge is 2.19. The predicted molar refractivity (Wildman–Crippen MR) is 117 cm³/mol. The highest BCUT2D eigenvalue weighted by atomic mass is 35.5. The number of nitrogens with zero attached hydrogens (tertiary/aromatic N) is 4. The number of benzene rings is 2. The van der Waals surface area contributed by atoms with E-state index >= 15 is 0 Å². The fourth-order valence-electron chi connectivity index (χ4n) is 3.99. The first-order valence-corrected chi connectivity index (χ1v) is 10.1. The molecule has 0 unspecified atom stereocenters. The molecule has 2 N–H and O–H groups in total. The van der Waals surface area contributed by atoms with E-state index in [4.69, 9.17) is 11.6 Å². The minimum Gasteiger partial charge on any atom is -0.507 e. The number of aryl methyl sites for hydroxylation is 1. The molecule has 0 aliphatic carbocycles. The monoisotopic (exact) mass is 414 g/mol. The lowest BCUT2D eigenvalue weighted by molar-refractivity contribution is 0.317. The van der Waals surface area contributed by atoms with Crippen LogP contribution in [0.5, 0.6) is 5.75 Å². The number of aromatic hydroxyl groups is 1. The Morgan fingerprint density at radius 1 is 1.24 bits per heavy atom. The maximum Gasteiger partial charge on any atom is 0.205 e. The normalized spacial score (nSPS) is 14.0. The zero-order chi connectivity index (χ0) is 21.1. The third-order valence-electron chi connectivity index (χ3n) is 5.36.